The van der Waals surface area contributed by atoms with Gasteiger partial charge in [0, 0.05) is 14.7 Å². The van der Waals surface area contributed by atoms with E-state index in [0.717, 1.165) is 9.13 Å². The monoisotopic (exact) mass is 308 g/mol. The Bertz CT molecular complexity index is 374. The lowest BCUT2D eigenvalue weighted by molar-refractivity contribution is 0.108. The Morgan fingerprint density at radius 2 is 2.15 bits per heavy atom. The summed E-state index contributed by atoms with van der Waals surface area (Å²) in [6, 6.07) is 3.28. The minimum atomic E-state index is -0.531. The van der Waals surface area contributed by atoms with Crippen molar-refractivity contribution in [3.05, 3.63) is 32.4 Å². The molecule has 0 N–H and O–H groups in total. The highest BCUT2D eigenvalue weighted by molar-refractivity contribution is 14.1. The molecule has 0 aliphatic carbocycles. The molecule has 0 aromatic heterocycles. The summed E-state index contributed by atoms with van der Waals surface area (Å²) < 4.78 is 0.826. The number of carbonyl (C=O) groups is 2. The molecule has 0 aliphatic rings. The van der Waals surface area contributed by atoms with Gasteiger partial charge in [-0.1, -0.05) is 0 Å². The highest BCUT2D eigenvalue weighted by Crippen LogP contribution is 2.18. The van der Waals surface area contributed by atoms with Gasteiger partial charge in [0.2, 0.25) is 0 Å². The highest BCUT2D eigenvalue weighted by atomic mass is 127. The third-order valence-electron chi connectivity index (χ3n) is 1.68. The van der Waals surface area contributed by atoms with Crippen LogP contribution < -0.4 is 0 Å². The summed E-state index contributed by atoms with van der Waals surface area (Å²) in [6.07, 6.45) is 0.713. The number of aryl methyl sites for hydroxylation is 1. The Labute approximate surface area is 94.4 Å². The van der Waals surface area contributed by atoms with Gasteiger partial charge in [-0.2, -0.15) is 0 Å². The molecule has 0 spiro atoms. The molecule has 68 valence electrons. The molecule has 0 bridgehead atoms. The van der Waals surface area contributed by atoms with E-state index >= 15 is 0 Å². The van der Waals surface area contributed by atoms with Crippen molar-refractivity contribution in [2.75, 3.05) is 0 Å². The van der Waals surface area contributed by atoms with Gasteiger partial charge in [0.05, 0.1) is 0 Å². The second kappa shape index (κ2) is 4.19. The zero-order chi connectivity index (χ0) is 10.0. The van der Waals surface area contributed by atoms with Gasteiger partial charge >= 0.3 is 0 Å². The minimum absolute atomic E-state index is 0.393. The third-order valence-corrected chi connectivity index (χ3v) is 2.82. The topological polar surface area (TPSA) is 34.1 Å². The molecular formula is C9H6ClIO2. The summed E-state index contributed by atoms with van der Waals surface area (Å²) in [5, 5.41) is -0.531. The van der Waals surface area contributed by atoms with Crippen LogP contribution >= 0.6 is 34.2 Å². The first-order valence-corrected chi connectivity index (χ1v) is 4.97. The van der Waals surface area contributed by atoms with Crippen molar-refractivity contribution >= 4 is 45.7 Å². The van der Waals surface area contributed by atoms with Crippen molar-refractivity contribution < 1.29 is 9.59 Å². The number of benzene rings is 1. The Hall–Kier alpha value is -0.420. The standard InChI is InChI=1S/C9H6ClIO2/c1-5-2-8(11)6(4-12)3-7(5)9(10)13/h2-4H,1H3. The first-order valence-electron chi connectivity index (χ1n) is 3.51. The number of halogens is 2. The first-order chi connectivity index (χ1) is 6.06. The second-order valence-corrected chi connectivity index (χ2v) is 4.09. The predicted octanol–water partition coefficient (Wildman–Crippen LogP) is 2.79. The van der Waals surface area contributed by atoms with Gasteiger partial charge in [-0.15, -0.1) is 0 Å². The fourth-order valence-electron chi connectivity index (χ4n) is 0.992. The average Bonchev–Trinajstić information content (AvgIpc) is 2.03. The van der Waals surface area contributed by atoms with Crippen LogP contribution in [-0.4, -0.2) is 11.5 Å². The molecule has 0 fully saturated rings. The lowest BCUT2D eigenvalue weighted by Crippen LogP contribution is -1.97. The fourth-order valence-corrected chi connectivity index (χ4v) is 1.95. The van der Waals surface area contributed by atoms with Crippen LogP contribution in [0.25, 0.3) is 0 Å². The van der Waals surface area contributed by atoms with E-state index in [0.29, 0.717) is 17.4 Å². The van der Waals surface area contributed by atoms with Crippen LogP contribution in [0.5, 0.6) is 0 Å². The zero-order valence-corrected chi connectivity index (χ0v) is 9.72. The lowest BCUT2D eigenvalue weighted by Gasteiger charge is -2.03. The van der Waals surface area contributed by atoms with E-state index in [1.807, 2.05) is 22.6 Å². The molecule has 0 atom stereocenters. The zero-order valence-electron chi connectivity index (χ0n) is 6.80. The van der Waals surface area contributed by atoms with Crippen molar-refractivity contribution in [1.82, 2.24) is 0 Å². The van der Waals surface area contributed by atoms with Crippen molar-refractivity contribution in [2.24, 2.45) is 0 Å². The summed E-state index contributed by atoms with van der Waals surface area (Å²) in [4.78, 5) is 21.4. The van der Waals surface area contributed by atoms with Crippen LogP contribution in [0.4, 0.5) is 0 Å². The van der Waals surface area contributed by atoms with Gasteiger partial charge in [0.1, 0.15) is 0 Å². The molecule has 13 heavy (non-hydrogen) atoms. The average molecular weight is 309 g/mol. The molecule has 0 amide bonds. The van der Waals surface area contributed by atoms with Crippen LogP contribution in [-0.2, 0) is 0 Å². The molecule has 1 aromatic rings. The molecule has 4 heteroatoms. The SMILES string of the molecule is Cc1cc(I)c(C=O)cc1C(=O)Cl. The molecule has 0 saturated heterocycles. The smallest absolute Gasteiger partial charge is 0.252 e. The quantitative estimate of drug-likeness (QED) is 0.478. The van der Waals surface area contributed by atoms with E-state index in [4.69, 9.17) is 11.6 Å². The van der Waals surface area contributed by atoms with E-state index in [9.17, 15) is 9.59 Å². The van der Waals surface area contributed by atoms with Gasteiger partial charge in [-0.25, -0.2) is 0 Å². The number of carbonyl (C=O) groups excluding carboxylic acids is 2. The first kappa shape index (κ1) is 10.7. The number of aldehydes is 1. The van der Waals surface area contributed by atoms with Gasteiger partial charge in [-0.05, 0) is 58.8 Å². The minimum Gasteiger partial charge on any atom is -0.298 e. The molecule has 1 aromatic carbocycles. The number of hydrogen-bond donors (Lipinski definition) is 0. The maximum absolute atomic E-state index is 10.9. The Morgan fingerprint density at radius 1 is 1.54 bits per heavy atom. The number of hydrogen-bond acceptors (Lipinski definition) is 2. The van der Waals surface area contributed by atoms with Crippen LogP contribution in [0.15, 0.2) is 12.1 Å². The van der Waals surface area contributed by atoms with Gasteiger partial charge in [-0.3, -0.25) is 9.59 Å². The van der Waals surface area contributed by atoms with Gasteiger partial charge in [0.15, 0.2) is 6.29 Å². The predicted molar refractivity (Wildman–Crippen MR) is 59.5 cm³/mol. The summed E-state index contributed by atoms with van der Waals surface area (Å²) in [5.41, 5.74) is 1.68. The Balaban J connectivity index is 3.38. The van der Waals surface area contributed by atoms with Crippen molar-refractivity contribution in [2.45, 2.75) is 6.92 Å². The summed E-state index contributed by atoms with van der Waals surface area (Å²) in [5.74, 6) is 0. The molecule has 1 rings (SSSR count). The van der Waals surface area contributed by atoms with E-state index in [1.165, 1.54) is 6.07 Å². The fraction of sp³-hybridized carbons (Fsp3) is 0.111. The van der Waals surface area contributed by atoms with E-state index in [1.54, 1.807) is 13.0 Å². The normalized spacial score (nSPS) is 9.77. The maximum atomic E-state index is 10.9. The van der Waals surface area contributed by atoms with E-state index in [-0.39, 0.29) is 0 Å². The molecule has 2 nitrogen and oxygen atoms in total. The second-order valence-electron chi connectivity index (χ2n) is 2.58. The van der Waals surface area contributed by atoms with Gasteiger partial charge in [0.25, 0.3) is 5.24 Å². The van der Waals surface area contributed by atoms with E-state index in [2.05, 4.69) is 0 Å². The lowest BCUT2D eigenvalue weighted by atomic mass is 10.1. The third kappa shape index (κ3) is 2.28. The van der Waals surface area contributed by atoms with E-state index < -0.39 is 5.24 Å². The molecule has 0 unspecified atom stereocenters. The summed E-state index contributed by atoms with van der Waals surface area (Å²) >= 11 is 7.37. The van der Waals surface area contributed by atoms with Crippen molar-refractivity contribution in [3.63, 3.8) is 0 Å². The Kier molecular flexibility index (Phi) is 3.44. The molecular weight excluding hydrogens is 302 g/mol. The highest BCUT2D eigenvalue weighted by Gasteiger charge is 2.09. The van der Waals surface area contributed by atoms with Crippen LogP contribution in [0.1, 0.15) is 26.3 Å². The largest absolute Gasteiger partial charge is 0.298 e. The molecule has 0 heterocycles. The summed E-state index contributed by atoms with van der Waals surface area (Å²) in [7, 11) is 0. The van der Waals surface area contributed by atoms with Crippen molar-refractivity contribution in [3.8, 4) is 0 Å². The maximum Gasteiger partial charge on any atom is 0.252 e. The number of rotatable bonds is 2. The van der Waals surface area contributed by atoms with Crippen LogP contribution in [0.3, 0.4) is 0 Å². The van der Waals surface area contributed by atoms with Crippen LogP contribution in [0.2, 0.25) is 0 Å². The van der Waals surface area contributed by atoms with Gasteiger partial charge < -0.3 is 0 Å². The molecule has 0 radical (unpaired) electrons. The summed E-state index contributed by atoms with van der Waals surface area (Å²) in [6.45, 7) is 1.78. The molecule has 0 aliphatic heterocycles. The Morgan fingerprint density at radius 3 is 2.62 bits per heavy atom. The van der Waals surface area contributed by atoms with Crippen molar-refractivity contribution in [1.29, 1.82) is 0 Å². The van der Waals surface area contributed by atoms with Crippen LogP contribution in [0, 0.1) is 10.5 Å². The molecule has 0 saturated carbocycles.